The average Bonchev–Trinajstić information content (AvgIpc) is 3.18. The van der Waals surface area contributed by atoms with Gasteiger partial charge in [-0.3, -0.25) is 9.58 Å². The van der Waals surface area contributed by atoms with Crippen LogP contribution in [0, 0.1) is 0 Å². The SMILES string of the molecule is c1cc(CN2CCCO[C@H](Cn3cccn3)C2)c2nonc2c1. The highest BCUT2D eigenvalue weighted by molar-refractivity contribution is 5.76. The van der Waals surface area contributed by atoms with Crippen LogP contribution in [-0.2, 0) is 17.8 Å². The molecule has 0 N–H and O–H groups in total. The smallest absolute Gasteiger partial charge is 0.139 e. The third-order valence-corrected chi connectivity index (χ3v) is 4.15. The number of hydrogen-bond donors (Lipinski definition) is 0. The summed E-state index contributed by atoms with van der Waals surface area (Å²) < 4.78 is 12.8. The van der Waals surface area contributed by atoms with E-state index in [0.717, 1.165) is 55.8 Å². The summed E-state index contributed by atoms with van der Waals surface area (Å²) in [5.41, 5.74) is 2.80. The maximum Gasteiger partial charge on any atom is 0.139 e. The Labute approximate surface area is 133 Å². The second-order valence-electron chi connectivity index (χ2n) is 5.86. The van der Waals surface area contributed by atoms with Gasteiger partial charge in [0.15, 0.2) is 0 Å². The summed E-state index contributed by atoms with van der Waals surface area (Å²) in [5, 5.41) is 12.2. The average molecular weight is 313 g/mol. The van der Waals surface area contributed by atoms with Crippen LogP contribution < -0.4 is 0 Å². The monoisotopic (exact) mass is 313 g/mol. The number of rotatable bonds is 4. The van der Waals surface area contributed by atoms with Crippen molar-refractivity contribution >= 4 is 11.0 Å². The van der Waals surface area contributed by atoms with Crippen molar-refractivity contribution in [1.29, 1.82) is 0 Å². The van der Waals surface area contributed by atoms with Crippen molar-refractivity contribution in [2.24, 2.45) is 0 Å². The molecule has 0 unspecified atom stereocenters. The Morgan fingerprint density at radius 1 is 1.22 bits per heavy atom. The molecule has 23 heavy (non-hydrogen) atoms. The van der Waals surface area contributed by atoms with Gasteiger partial charge in [-0.05, 0) is 34.4 Å². The van der Waals surface area contributed by atoms with Crippen molar-refractivity contribution in [3.05, 3.63) is 42.2 Å². The molecule has 7 heteroatoms. The van der Waals surface area contributed by atoms with Gasteiger partial charge in [0.25, 0.3) is 0 Å². The Bertz CT molecular complexity index is 755. The van der Waals surface area contributed by atoms with Gasteiger partial charge in [0.2, 0.25) is 0 Å². The lowest BCUT2D eigenvalue weighted by atomic mass is 10.1. The third-order valence-electron chi connectivity index (χ3n) is 4.15. The first-order valence-corrected chi connectivity index (χ1v) is 7.90. The van der Waals surface area contributed by atoms with Crippen LogP contribution in [0.5, 0.6) is 0 Å². The van der Waals surface area contributed by atoms with Crippen molar-refractivity contribution in [3.8, 4) is 0 Å². The molecule has 3 heterocycles. The van der Waals surface area contributed by atoms with Gasteiger partial charge in [-0.2, -0.15) is 5.10 Å². The van der Waals surface area contributed by atoms with Crippen LogP contribution in [0.4, 0.5) is 0 Å². The fourth-order valence-corrected chi connectivity index (χ4v) is 3.07. The highest BCUT2D eigenvalue weighted by Gasteiger charge is 2.20. The van der Waals surface area contributed by atoms with Gasteiger partial charge in [0, 0.05) is 38.6 Å². The van der Waals surface area contributed by atoms with Crippen molar-refractivity contribution < 1.29 is 9.37 Å². The van der Waals surface area contributed by atoms with Gasteiger partial charge in [-0.15, -0.1) is 0 Å². The molecule has 0 radical (unpaired) electrons. The Morgan fingerprint density at radius 2 is 2.22 bits per heavy atom. The van der Waals surface area contributed by atoms with E-state index < -0.39 is 0 Å². The molecule has 1 atom stereocenters. The molecule has 120 valence electrons. The molecular formula is C16H19N5O2. The molecule has 2 aromatic heterocycles. The minimum atomic E-state index is 0.145. The van der Waals surface area contributed by atoms with Crippen molar-refractivity contribution in [2.45, 2.75) is 25.6 Å². The lowest BCUT2D eigenvalue weighted by Crippen LogP contribution is -2.34. The zero-order valence-electron chi connectivity index (χ0n) is 12.8. The number of aromatic nitrogens is 4. The first kappa shape index (κ1) is 14.3. The van der Waals surface area contributed by atoms with Crippen LogP contribution in [0.2, 0.25) is 0 Å². The Balaban J connectivity index is 1.48. The van der Waals surface area contributed by atoms with Gasteiger partial charge in [-0.25, -0.2) is 4.63 Å². The summed E-state index contributed by atoms with van der Waals surface area (Å²) in [6, 6.07) is 7.94. The zero-order valence-corrected chi connectivity index (χ0v) is 12.8. The summed E-state index contributed by atoms with van der Waals surface area (Å²) in [6.07, 6.45) is 4.95. The summed E-state index contributed by atoms with van der Waals surface area (Å²) in [7, 11) is 0. The lowest BCUT2D eigenvalue weighted by molar-refractivity contribution is 0.0391. The van der Waals surface area contributed by atoms with E-state index in [2.05, 4.69) is 26.4 Å². The van der Waals surface area contributed by atoms with Crippen molar-refractivity contribution in [2.75, 3.05) is 19.7 Å². The minimum absolute atomic E-state index is 0.145. The van der Waals surface area contributed by atoms with Gasteiger partial charge in [0.05, 0.1) is 12.6 Å². The molecule has 0 aliphatic carbocycles. The first-order valence-electron chi connectivity index (χ1n) is 7.90. The zero-order chi connectivity index (χ0) is 15.5. The summed E-state index contributed by atoms with van der Waals surface area (Å²) in [4.78, 5) is 2.41. The molecule has 0 spiro atoms. The molecular weight excluding hydrogens is 294 g/mol. The van der Waals surface area contributed by atoms with Gasteiger partial charge in [-0.1, -0.05) is 12.1 Å². The second-order valence-corrected chi connectivity index (χ2v) is 5.86. The molecule has 1 aliphatic rings. The van der Waals surface area contributed by atoms with E-state index in [-0.39, 0.29) is 6.10 Å². The largest absolute Gasteiger partial charge is 0.375 e. The van der Waals surface area contributed by atoms with E-state index in [0.29, 0.717) is 0 Å². The van der Waals surface area contributed by atoms with Crippen LogP contribution in [0.1, 0.15) is 12.0 Å². The Hall–Kier alpha value is -2.25. The van der Waals surface area contributed by atoms with Crippen molar-refractivity contribution in [3.63, 3.8) is 0 Å². The molecule has 1 aromatic carbocycles. The van der Waals surface area contributed by atoms with Crippen molar-refractivity contribution in [1.82, 2.24) is 25.0 Å². The fourth-order valence-electron chi connectivity index (χ4n) is 3.07. The highest BCUT2D eigenvalue weighted by atomic mass is 16.6. The third kappa shape index (κ3) is 3.25. The normalized spacial score (nSPS) is 19.9. The first-order chi connectivity index (χ1) is 11.4. The number of benzene rings is 1. The molecule has 0 bridgehead atoms. The maximum atomic E-state index is 5.97. The molecule has 0 amide bonds. The highest BCUT2D eigenvalue weighted by Crippen LogP contribution is 2.18. The minimum Gasteiger partial charge on any atom is -0.375 e. The summed E-state index contributed by atoms with van der Waals surface area (Å²) >= 11 is 0. The van der Waals surface area contributed by atoms with Crippen LogP contribution in [0.25, 0.3) is 11.0 Å². The standard InChI is InChI=1S/C16H19N5O2/c1-4-13(16-15(5-1)18-23-19-16)10-20-7-3-9-22-14(11-20)12-21-8-2-6-17-21/h1-2,4-6,8,14H,3,7,9-12H2/t14-/m0/s1. The summed E-state index contributed by atoms with van der Waals surface area (Å²) in [6.45, 7) is 4.28. The molecule has 7 nitrogen and oxygen atoms in total. The van der Waals surface area contributed by atoms with Crippen LogP contribution in [0.3, 0.4) is 0 Å². The Kier molecular flexibility index (Phi) is 4.04. The molecule has 0 saturated carbocycles. The van der Waals surface area contributed by atoms with Crippen LogP contribution in [-0.4, -0.2) is 50.8 Å². The fraction of sp³-hybridized carbons (Fsp3) is 0.438. The van der Waals surface area contributed by atoms with E-state index in [1.54, 1.807) is 6.20 Å². The predicted octanol–water partition coefficient (Wildman–Crippen LogP) is 1.71. The maximum absolute atomic E-state index is 5.97. The van der Waals surface area contributed by atoms with Gasteiger partial charge >= 0.3 is 0 Å². The number of hydrogen-bond acceptors (Lipinski definition) is 6. The molecule has 4 rings (SSSR count). The van der Waals surface area contributed by atoms with E-state index in [1.807, 2.05) is 29.1 Å². The number of ether oxygens (including phenoxy) is 1. The lowest BCUT2D eigenvalue weighted by Gasteiger charge is -2.23. The van der Waals surface area contributed by atoms with E-state index in [4.69, 9.17) is 9.37 Å². The van der Waals surface area contributed by atoms with Gasteiger partial charge < -0.3 is 4.74 Å². The second kappa shape index (κ2) is 6.47. The molecule has 1 aliphatic heterocycles. The quantitative estimate of drug-likeness (QED) is 0.730. The topological polar surface area (TPSA) is 69.2 Å². The van der Waals surface area contributed by atoms with E-state index in [1.165, 1.54) is 0 Å². The van der Waals surface area contributed by atoms with E-state index >= 15 is 0 Å². The summed E-state index contributed by atoms with van der Waals surface area (Å²) in [5.74, 6) is 0. The predicted molar refractivity (Wildman–Crippen MR) is 83.7 cm³/mol. The Morgan fingerprint density at radius 3 is 3.13 bits per heavy atom. The van der Waals surface area contributed by atoms with E-state index in [9.17, 15) is 0 Å². The molecule has 3 aromatic rings. The molecule has 1 fully saturated rings. The number of fused-ring (bicyclic) bond motifs is 1. The molecule has 1 saturated heterocycles. The van der Waals surface area contributed by atoms with Crippen LogP contribution >= 0.6 is 0 Å². The van der Waals surface area contributed by atoms with Gasteiger partial charge in [0.1, 0.15) is 11.0 Å². The van der Waals surface area contributed by atoms with Crippen LogP contribution in [0.15, 0.2) is 41.3 Å². The number of nitrogens with zero attached hydrogens (tertiary/aromatic N) is 5.